The zero-order valence-corrected chi connectivity index (χ0v) is 12.3. The van der Waals surface area contributed by atoms with Gasteiger partial charge in [0.05, 0.1) is 11.3 Å². The number of sulfone groups is 1. The molecular formula is C13H17F4NO2S. The Hall–Kier alpha value is -1.15. The van der Waals surface area contributed by atoms with E-state index in [1.54, 1.807) is 0 Å². The number of rotatable bonds is 6. The second kappa shape index (κ2) is 6.74. The van der Waals surface area contributed by atoms with E-state index in [0.717, 1.165) is 6.07 Å². The smallest absolute Gasteiger partial charge is 0.324 e. The molecule has 8 heteroatoms. The highest BCUT2D eigenvalue weighted by Gasteiger charge is 2.35. The van der Waals surface area contributed by atoms with Crippen LogP contribution >= 0.6 is 0 Å². The third-order valence-electron chi connectivity index (χ3n) is 3.14. The molecule has 21 heavy (non-hydrogen) atoms. The van der Waals surface area contributed by atoms with E-state index >= 15 is 0 Å². The van der Waals surface area contributed by atoms with Gasteiger partial charge in [0.1, 0.15) is 15.7 Å². The molecule has 3 nitrogen and oxygen atoms in total. The van der Waals surface area contributed by atoms with Crippen LogP contribution in [0.1, 0.15) is 36.9 Å². The lowest BCUT2D eigenvalue weighted by molar-refractivity contribution is -0.140. The minimum atomic E-state index is -4.79. The summed E-state index contributed by atoms with van der Waals surface area (Å²) in [7, 11) is -3.17. The van der Waals surface area contributed by atoms with Crippen LogP contribution in [0.5, 0.6) is 0 Å². The molecule has 1 atom stereocenters. The van der Waals surface area contributed by atoms with Crippen molar-refractivity contribution in [2.45, 2.75) is 32.0 Å². The van der Waals surface area contributed by atoms with Crippen LogP contribution in [-0.2, 0) is 16.0 Å². The summed E-state index contributed by atoms with van der Waals surface area (Å²) in [4.78, 5) is 0. The topological polar surface area (TPSA) is 60.2 Å². The summed E-state index contributed by atoms with van der Waals surface area (Å²) >= 11 is 0. The molecule has 0 amide bonds. The lowest BCUT2D eigenvalue weighted by Gasteiger charge is -2.16. The van der Waals surface area contributed by atoms with Crippen LogP contribution in [0, 0.1) is 5.82 Å². The van der Waals surface area contributed by atoms with Gasteiger partial charge in [0.2, 0.25) is 0 Å². The first-order chi connectivity index (χ1) is 9.58. The second-order valence-electron chi connectivity index (χ2n) is 4.69. The Kier molecular flexibility index (Phi) is 5.75. The molecule has 1 aromatic rings. The van der Waals surface area contributed by atoms with Crippen molar-refractivity contribution < 1.29 is 26.0 Å². The van der Waals surface area contributed by atoms with Crippen LogP contribution in [0.4, 0.5) is 17.6 Å². The van der Waals surface area contributed by atoms with Gasteiger partial charge in [-0.3, -0.25) is 0 Å². The van der Waals surface area contributed by atoms with Crippen molar-refractivity contribution in [3.8, 4) is 0 Å². The molecule has 0 saturated carbocycles. The molecule has 0 aromatic heterocycles. The maximum Gasteiger partial charge on any atom is 0.419 e. The Morgan fingerprint density at radius 3 is 2.43 bits per heavy atom. The van der Waals surface area contributed by atoms with Crippen molar-refractivity contribution in [2.75, 3.05) is 11.5 Å². The molecule has 0 heterocycles. The largest absolute Gasteiger partial charge is 0.419 e. The van der Waals surface area contributed by atoms with Crippen molar-refractivity contribution in [2.24, 2.45) is 5.73 Å². The van der Waals surface area contributed by atoms with Crippen molar-refractivity contribution >= 4 is 9.84 Å². The van der Waals surface area contributed by atoms with Crippen molar-refractivity contribution in [1.82, 2.24) is 0 Å². The molecular weight excluding hydrogens is 310 g/mol. The molecule has 0 fully saturated rings. The van der Waals surface area contributed by atoms with E-state index in [1.165, 1.54) is 13.0 Å². The van der Waals surface area contributed by atoms with E-state index in [2.05, 4.69) is 0 Å². The molecule has 1 unspecified atom stereocenters. The standard InChI is InChI=1S/C13H17F4NO2S/c1-2-21(19,20)8-4-7-11(18)9-5-3-6-10(12(9)14)13(15,16)17/h3,5-6,11H,2,4,7-8,18H2,1H3. The fourth-order valence-corrected chi connectivity index (χ4v) is 2.77. The van der Waals surface area contributed by atoms with E-state index in [0.29, 0.717) is 6.07 Å². The Labute approximate surface area is 121 Å². The van der Waals surface area contributed by atoms with Crippen LogP contribution < -0.4 is 5.73 Å². The predicted octanol–water partition coefficient (Wildman–Crippen LogP) is 3.06. The third kappa shape index (κ3) is 4.96. The number of alkyl halides is 3. The quantitative estimate of drug-likeness (QED) is 0.817. The Balaban J connectivity index is 2.82. The summed E-state index contributed by atoms with van der Waals surface area (Å²) in [6.45, 7) is 1.50. The first-order valence-corrected chi connectivity index (χ1v) is 8.22. The van der Waals surface area contributed by atoms with Crippen LogP contribution in [0.15, 0.2) is 18.2 Å². The van der Waals surface area contributed by atoms with Gasteiger partial charge in [-0.05, 0) is 18.9 Å². The summed E-state index contributed by atoms with van der Waals surface area (Å²) in [5.41, 5.74) is 4.06. The second-order valence-corrected chi connectivity index (χ2v) is 7.16. The van der Waals surface area contributed by atoms with E-state index in [-0.39, 0.29) is 29.9 Å². The molecule has 0 aliphatic heterocycles. The molecule has 2 N–H and O–H groups in total. The maximum absolute atomic E-state index is 13.8. The van der Waals surface area contributed by atoms with Gasteiger partial charge in [0, 0.05) is 17.4 Å². The first-order valence-electron chi connectivity index (χ1n) is 6.40. The maximum atomic E-state index is 13.8. The number of hydrogen-bond donors (Lipinski definition) is 1. The number of nitrogens with two attached hydrogens (primary N) is 1. The average molecular weight is 327 g/mol. The zero-order chi connectivity index (χ0) is 16.3. The van der Waals surface area contributed by atoms with E-state index in [1.807, 2.05) is 0 Å². The number of benzene rings is 1. The molecule has 0 saturated heterocycles. The van der Waals surface area contributed by atoms with Gasteiger partial charge in [-0.25, -0.2) is 12.8 Å². The third-order valence-corrected chi connectivity index (χ3v) is 4.93. The lowest BCUT2D eigenvalue weighted by Crippen LogP contribution is -2.18. The van der Waals surface area contributed by atoms with Gasteiger partial charge in [-0.2, -0.15) is 13.2 Å². The lowest BCUT2D eigenvalue weighted by atomic mass is 10.00. The van der Waals surface area contributed by atoms with Gasteiger partial charge in [-0.15, -0.1) is 0 Å². The molecule has 0 radical (unpaired) electrons. The molecule has 0 aliphatic rings. The first kappa shape index (κ1) is 17.9. The minimum absolute atomic E-state index is 0.0137. The highest BCUT2D eigenvalue weighted by molar-refractivity contribution is 7.91. The number of hydrogen-bond acceptors (Lipinski definition) is 3. The van der Waals surface area contributed by atoms with Gasteiger partial charge >= 0.3 is 6.18 Å². The normalized spacial score (nSPS) is 14.2. The van der Waals surface area contributed by atoms with Crippen LogP contribution in [0.3, 0.4) is 0 Å². The van der Waals surface area contributed by atoms with Gasteiger partial charge in [0.25, 0.3) is 0 Å². The highest BCUT2D eigenvalue weighted by Crippen LogP contribution is 2.34. The minimum Gasteiger partial charge on any atom is -0.324 e. The van der Waals surface area contributed by atoms with Gasteiger partial charge < -0.3 is 5.73 Å². The molecule has 1 aromatic carbocycles. The van der Waals surface area contributed by atoms with Gasteiger partial charge in [0.15, 0.2) is 0 Å². The van der Waals surface area contributed by atoms with Crippen molar-refractivity contribution in [3.63, 3.8) is 0 Å². The summed E-state index contributed by atoms with van der Waals surface area (Å²) < 4.78 is 74.2. The molecule has 1 rings (SSSR count). The van der Waals surface area contributed by atoms with E-state index in [4.69, 9.17) is 5.73 Å². The molecule has 0 aliphatic carbocycles. The monoisotopic (exact) mass is 327 g/mol. The predicted molar refractivity (Wildman–Crippen MR) is 71.9 cm³/mol. The molecule has 120 valence electrons. The highest BCUT2D eigenvalue weighted by atomic mass is 32.2. The van der Waals surface area contributed by atoms with Crippen molar-refractivity contribution in [1.29, 1.82) is 0 Å². The number of halogens is 4. The van der Waals surface area contributed by atoms with E-state index < -0.39 is 33.4 Å². The zero-order valence-electron chi connectivity index (χ0n) is 11.5. The SMILES string of the molecule is CCS(=O)(=O)CCCC(N)c1cccc(C(F)(F)F)c1F. The summed E-state index contributed by atoms with van der Waals surface area (Å²) in [5.74, 6) is -1.52. The van der Waals surface area contributed by atoms with Crippen LogP contribution in [0.2, 0.25) is 0 Å². The van der Waals surface area contributed by atoms with Crippen LogP contribution in [0.25, 0.3) is 0 Å². The van der Waals surface area contributed by atoms with E-state index in [9.17, 15) is 26.0 Å². The van der Waals surface area contributed by atoms with Crippen LogP contribution in [-0.4, -0.2) is 19.9 Å². The Morgan fingerprint density at radius 2 is 1.90 bits per heavy atom. The van der Waals surface area contributed by atoms with Crippen molar-refractivity contribution in [3.05, 3.63) is 35.1 Å². The van der Waals surface area contributed by atoms with Gasteiger partial charge in [-0.1, -0.05) is 19.1 Å². The summed E-state index contributed by atoms with van der Waals surface area (Å²) in [6.07, 6.45) is -4.52. The Bertz CT molecular complexity index is 584. The Morgan fingerprint density at radius 1 is 1.29 bits per heavy atom. The summed E-state index contributed by atoms with van der Waals surface area (Å²) in [5, 5.41) is 0. The fourth-order valence-electron chi connectivity index (χ4n) is 1.88. The molecule has 0 bridgehead atoms. The average Bonchev–Trinajstić information content (AvgIpc) is 2.37. The fraction of sp³-hybridized carbons (Fsp3) is 0.538. The summed E-state index contributed by atoms with van der Waals surface area (Å²) in [6, 6.07) is 1.94. The molecule has 0 spiro atoms.